The predicted molar refractivity (Wildman–Crippen MR) is 81.3 cm³/mol. The molecule has 1 saturated carbocycles. The lowest BCUT2D eigenvalue weighted by Crippen LogP contribution is -2.58. The van der Waals surface area contributed by atoms with Gasteiger partial charge in [0.2, 0.25) is 0 Å². The van der Waals surface area contributed by atoms with Gasteiger partial charge in [-0.05, 0) is 31.8 Å². The zero-order chi connectivity index (χ0) is 13.9. The molecule has 1 fully saturated rings. The van der Waals surface area contributed by atoms with Crippen LogP contribution in [0.25, 0.3) is 0 Å². The lowest BCUT2D eigenvalue weighted by atomic mass is 9.73. The summed E-state index contributed by atoms with van der Waals surface area (Å²) in [6.45, 7) is 12.1. The van der Waals surface area contributed by atoms with Crippen LogP contribution in [-0.4, -0.2) is 54.0 Å². The average molecular weight is 266 g/mol. The van der Waals surface area contributed by atoms with E-state index in [9.17, 15) is 0 Å². The molecule has 1 aliphatic heterocycles. The van der Waals surface area contributed by atoms with Crippen LogP contribution in [0.3, 0.4) is 0 Å². The number of nitrogens with two attached hydrogens (primary N) is 1. The van der Waals surface area contributed by atoms with Gasteiger partial charge in [-0.1, -0.05) is 33.6 Å². The summed E-state index contributed by atoms with van der Waals surface area (Å²) < 4.78 is 0. The van der Waals surface area contributed by atoms with Crippen molar-refractivity contribution in [3.05, 3.63) is 0 Å². The Bertz CT molecular complexity index is 324. The van der Waals surface area contributed by atoms with Crippen molar-refractivity contribution in [1.29, 1.82) is 0 Å². The van der Waals surface area contributed by atoms with Crippen LogP contribution >= 0.6 is 0 Å². The molecule has 0 saturated heterocycles. The summed E-state index contributed by atoms with van der Waals surface area (Å²) in [5.74, 6) is 1.49. The maximum atomic E-state index is 6.17. The summed E-state index contributed by atoms with van der Waals surface area (Å²) in [5.41, 5.74) is 6.40. The Balaban J connectivity index is 2.04. The molecule has 4 nitrogen and oxygen atoms in total. The number of hydrogen-bond acceptors (Lipinski definition) is 4. The SMILES string of the molecule is CCN(CC)CCN1C(N)=NCC12CCCCC2C. The van der Waals surface area contributed by atoms with Crippen LogP contribution in [-0.2, 0) is 0 Å². The molecule has 2 rings (SSSR count). The molecule has 110 valence electrons. The molecule has 0 radical (unpaired) electrons. The third-order valence-corrected chi connectivity index (χ3v) is 5.28. The quantitative estimate of drug-likeness (QED) is 0.827. The van der Waals surface area contributed by atoms with E-state index < -0.39 is 0 Å². The fraction of sp³-hybridized carbons (Fsp3) is 0.933. The van der Waals surface area contributed by atoms with Crippen molar-refractivity contribution < 1.29 is 0 Å². The lowest BCUT2D eigenvalue weighted by Gasteiger charge is -2.47. The van der Waals surface area contributed by atoms with Crippen molar-refractivity contribution >= 4 is 5.96 Å². The van der Waals surface area contributed by atoms with E-state index in [4.69, 9.17) is 5.73 Å². The molecule has 4 heteroatoms. The number of likely N-dealkylation sites (N-methyl/N-ethyl adjacent to an activating group) is 1. The van der Waals surface area contributed by atoms with Crippen molar-refractivity contribution in [3.63, 3.8) is 0 Å². The number of rotatable bonds is 5. The van der Waals surface area contributed by atoms with Crippen LogP contribution in [0.15, 0.2) is 4.99 Å². The molecular formula is C15H30N4. The topological polar surface area (TPSA) is 44.9 Å². The summed E-state index contributed by atoms with van der Waals surface area (Å²) in [6, 6.07) is 0. The molecule has 0 aromatic carbocycles. The Labute approximate surface area is 118 Å². The third kappa shape index (κ3) is 2.73. The fourth-order valence-corrected chi connectivity index (χ4v) is 3.77. The summed E-state index contributed by atoms with van der Waals surface area (Å²) >= 11 is 0. The monoisotopic (exact) mass is 266 g/mol. The Morgan fingerprint density at radius 3 is 2.74 bits per heavy atom. The van der Waals surface area contributed by atoms with E-state index in [0.717, 1.165) is 38.7 Å². The molecule has 0 aromatic heterocycles. The molecule has 0 aromatic rings. The molecule has 0 bridgehead atoms. The van der Waals surface area contributed by atoms with Gasteiger partial charge in [-0.25, -0.2) is 0 Å². The van der Waals surface area contributed by atoms with Gasteiger partial charge >= 0.3 is 0 Å². The Kier molecular flexibility index (Phi) is 4.71. The molecule has 2 N–H and O–H groups in total. The van der Waals surface area contributed by atoms with Gasteiger partial charge < -0.3 is 15.5 Å². The number of nitrogens with zero attached hydrogens (tertiary/aromatic N) is 3. The molecule has 19 heavy (non-hydrogen) atoms. The summed E-state index contributed by atoms with van der Waals surface area (Å²) in [6.07, 6.45) is 5.28. The first kappa shape index (κ1) is 14.6. The Morgan fingerprint density at radius 2 is 2.11 bits per heavy atom. The maximum absolute atomic E-state index is 6.17. The van der Waals surface area contributed by atoms with Crippen LogP contribution in [0.4, 0.5) is 0 Å². The fourth-order valence-electron chi connectivity index (χ4n) is 3.77. The van der Waals surface area contributed by atoms with Gasteiger partial charge in [-0.15, -0.1) is 0 Å². The molecule has 2 aliphatic rings. The standard InChI is InChI=1S/C15H30N4/c1-4-18(5-2)10-11-19-14(16)17-12-15(19)9-7-6-8-13(15)3/h13H,4-12H2,1-3H3,(H2,16,17). The zero-order valence-corrected chi connectivity index (χ0v) is 12.9. The van der Waals surface area contributed by atoms with Crippen molar-refractivity contribution in [1.82, 2.24) is 9.80 Å². The highest BCUT2D eigenvalue weighted by Crippen LogP contribution is 2.40. The van der Waals surface area contributed by atoms with E-state index in [-0.39, 0.29) is 5.54 Å². The average Bonchev–Trinajstić information content (AvgIpc) is 2.73. The second kappa shape index (κ2) is 6.12. The normalized spacial score (nSPS) is 31.3. The highest BCUT2D eigenvalue weighted by molar-refractivity contribution is 5.81. The second-order valence-corrected chi connectivity index (χ2v) is 6.10. The van der Waals surface area contributed by atoms with E-state index in [1.165, 1.54) is 25.7 Å². The summed E-state index contributed by atoms with van der Waals surface area (Å²) in [7, 11) is 0. The largest absolute Gasteiger partial charge is 0.370 e. The van der Waals surface area contributed by atoms with E-state index in [2.05, 4.69) is 35.6 Å². The van der Waals surface area contributed by atoms with Crippen molar-refractivity contribution in [2.45, 2.75) is 52.0 Å². The van der Waals surface area contributed by atoms with Gasteiger partial charge in [0.25, 0.3) is 0 Å². The highest BCUT2D eigenvalue weighted by atomic mass is 15.4. The van der Waals surface area contributed by atoms with Gasteiger partial charge in [0.1, 0.15) is 0 Å². The van der Waals surface area contributed by atoms with Crippen LogP contribution < -0.4 is 5.73 Å². The van der Waals surface area contributed by atoms with E-state index in [1.54, 1.807) is 0 Å². The molecule has 1 aliphatic carbocycles. The predicted octanol–water partition coefficient (Wildman–Crippen LogP) is 1.91. The number of aliphatic imine (C=N–C) groups is 1. The first-order valence-corrected chi connectivity index (χ1v) is 7.94. The second-order valence-electron chi connectivity index (χ2n) is 6.10. The van der Waals surface area contributed by atoms with Crippen LogP contribution in [0.5, 0.6) is 0 Å². The van der Waals surface area contributed by atoms with Crippen LogP contribution in [0.2, 0.25) is 0 Å². The minimum absolute atomic E-state index is 0.232. The van der Waals surface area contributed by atoms with Crippen molar-refractivity contribution in [2.75, 3.05) is 32.7 Å². The minimum Gasteiger partial charge on any atom is -0.370 e. The van der Waals surface area contributed by atoms with Gasteiger partial charge in [-0.2, -0.15) is 0 Å². The smallest absolute Gasteiger partial charge is 0.191 e. The Hall–Kier alpha value is -0.770. The number of hydrogen-bond donors (Lipinski definition) is 1. The molecule has 2 atom stereocenters. The number of guanidine groups is 1. The first-order valence-electron chi connectivity index (χ1n) is 7.94. The molecule has 2 unspecified atom stereocenters. The maximum Gasteiger partial charge on any atom is 0.191 e. The van der Waals surface area contributed by atoms with E-state index in [1.807, 2.05) is 0 Å². The minimum atomic E-state index is 0.232. The van der Waals surface area contributed by atoms with Crippen LogP contribution in [0, 0.1) is 5.92 Å². The summed E-state index contributed by atoms with van der Waals surface area (Å²) in [5, 5.41) is 0. The molecule has 1 heterocycles. The van der Waals surface area contributed by atoms with Crippen molar-refractivity contribution in [3.8, 4) is 0 Å². The Morgan fingerprint density at radius 1 is 1.37 bits per heavy atom. The van der Waals surface area contributed by atoms with E-state index in [0.29, 0.717) is 5.92 Å². The summed E-state index contributed by atoms with van der Waals surface area (Å²) in [4.78, 5) is 9.47. The zero-order valence-electron chi connectivity index (χ0n) is 12.9. The third-order valence-electron chi connectivity index (χ3n) is 5.28. The van der Waals surface area contributed by atoms with Gasteiger partial charge in [0, 0.05) is 13.1 Å². The molecular weight excluding hydrogens is 236 g/mol. The van der Waals surface area contributed by atoms with Gasteiger partial charge in [0.05, 0.1) is 12.1 Å². The first-order chi connectivity index (χ1) is 9.14. The molecule has 0 amide bonds. The molecule has 1 spiro atoms. The highest BCUT2D eigenvalue weighted by Gasteiger charge is 2.47. The van der Waals surface area contributed by atoms with Gasteiger partial charge in [0.15, 0.2) is 5.96 Å². The van der Waals surface area contributed by atoms with Crippen LogP contribution in [0.1, 0.15) is 46.5 Å². The van der Waals surface area contributed by atoms with Crippen molar-refractivity contribution in [2.24, 2.45) is 16.6 Å². The lowest BCUT2D eigenvalue weighted by molar-refractivity contribution is 0.0752. The van der Waals surface area contributed by atoms with E-state index >= 15 is 0 Å². The van der Waals surface area contributed by atoms with Gasteiger partial charge in [-0.3, -0.25) is 4.99 Å².